The minimum atomic E-state index is -0.243. The van der Waals surface area contributed by atoms with Crippen LogP contribution in [0.2, 0.25) is 0 Å². The van der Waals surface area contributed by atoms with Crippen molar-refractivity contribution in [1.29, 1.82) is 0 Å². The highest BCUT2D eigenvalue weighted by Gasteiger charge is 2.15. The first-order valence-corrected chi connectivity index (χ1v) is 6.50. The molecule has 3 aromatic rings. The number of nitrogens with zero attached hydrogens (tertiary/aromatic N) is 3. The van der Waals surface area contributed by atoms with Crippen LogP contribution in [0.1, 0.15) is 17.3 Å². The molecule has 3 rings (SSSR count). The van der Waals surface area contributed by atoms with E-state index in [-0.39, 0.29) is 6.04 Å². The van der Waals surface area contributed by atoms with Crippen molar-refractivity contribution < 1.29 is 4.74 Å². The quantitative estimate of drug-likeness (QED) is 0.558. The zero-order chi connectivity index (χ0) is 14.7. The number of hydrogen-bond acceptors (Lipinski definition) is 6. The molecule has 6 nitrogen and oxygen atoms in total. The van der Waals surface area contributed by atoms with Crippen molar-refractivity contribution in [3.05, 3.63) is 59.9 Å². The number of benzene rings is 1. The Bertz CT molecular complexity index is 744. The van der Waals surface area contributed by atoms with Crippen molar-refractivity contribution in [2.45, 2.75) is 6.04 Å². The van der Waals surface area contributed by atoms with Crippen LogP contribution in [-0.4, -0.2) is 22.3 Å². The maximum Gasteiger partial charge on any atom is 0.233 e. The molecule has 1 atom stereocenters. The molecule has 0 aliphatic heterocycles. The molecule has 0 fully saturated rings. The molecule has 0 radical (unpaired) electrons. The lowest BCUT2D eigenvalue weighted by molar-refractivity contribution is 0.390. The van der Waals surface area contributed by atoms with Crippen molar-refractivity contribution in [2.24, 2.45) is 5.84 Å². The lowest BCUT2D eigenvalue weighted by atomic mass is 10.0. The second-order valence-electron chi connectivity index (χ2n) is 4.56. The standard InChI is InChI=1S/C15H15N5O/c1-21-14-7-6-13(19-20-14)15(18-16)11-4-5-12-10(9-11)3-2-8-17-12/h2-9,15,18H,16H2,1H3. The first-order valence-electron chi connectivity index (χ1n) is 6.50. The third-order valence-electron chi connectivity index (χ3n) is 3.29. The predicted octanol–water partition coefficient (Wildman–Crippen LogP) is 1.59. The van der Waals surface area contributed by atoms with Gasteiger partial charge in [0, 0.05) is 17.6 Å². The number of fused-ring (bicyclic) bond motifs is 1. The summed E-state index contributed by atoms with van der Waals surface area (Å²) in [5.74, 6) is 6.16. The van der Waals surface area contributed by atoms with Crippen LogP contribution in [0, 0.1) is 0 Å². The fourth-order valence-corrected chi connectivity index (χ4v) is 2.22. The predicted molar refractivity (Wildman–Crippen MR) is 79.5 cm³/mol. The molecular formula is C15H15N5O. The molecule has 0 aliphatic carbocycles. The van der Waals surface area contributed by atoms with Crippen LogP contribution < -0.4 is 16.0 Å². The summed E-state index contributed by atoms with van der Waals surface area (Å²) in [5, 5.41) is 9.17. The number of aromatic nitrogens is 3. The topological polar surface area (TPSA) is 86.0 Å². The average Bonchev–Trinajstić information content (AvgIpc) is 2.56. The SMILES string of the molecule is COc1ccc(C(NN)c2ccc3ncccc3c2)nn1. The average molecular weight is 281 g/mol. The highest BCUT2D eigenvalue weighted by atomic mass is 16.5. The number of rotatable bonds is 4. The number of methoxy groups -OCH3 is 1. The fourth-order valence-electron chi connectivity index (χ4n) is 2.22. The van der Waals surface area contributed by atoms with Gasteiger partial charge in [-0.2, -0.15) is 0 Å². The molecule has 2 heterocycles. The molecule has 0 spiro atoms. The van der Waals surface area contributed by atoms with Crippen LogP contribution in [0.4, 0.5) is 0 Å². The van der Waals surface area contributed by atoms with E-state index in [1.807, 2.05) is 36.4 Å². The number of nitrogens with two attached hydrogens (primary N) is 1. The van der Waals surface area contributed by atoms with Crippen LogP contribution in [0.15, 0.2) is 48.7 Å². The van der Waals surface area contributed by atoms with Crippen LogP contribution >= 0.6 is 0 Å². The molecule has 0 bridgehead atoms. The van der Waals surface area contributed by atoms with Gasteiger partial charge in [0.1, 0.15) is 0 Å². The molecule has 106 valence electrons. The zero-order valence-electron chi connectivity index (χ0n) is 11.5. The molecule has 6 heteroatoms. The normalized spacial score (nSPS) is 12.3. The van der Waals surface area contributed by atoms with E-state index in [1.165, 1.54) is 0 Å². The van der Waals surface area contributed by atoms with Crippen LogP contribution in [0.25, 0.3) is 10.9 Å². The lowest BCUT2D eigenvalue weighted by Crippen LogP contribution is -2.29. The zero-order valence-corrected chi connectivity index (χ0v) is 11.5. The van der Waals surface area contributed by atoms with Gasteiger partial charge in [0.2, 0.25) is 5.88 Å². The van der Waals surface area contributed by atoms with Crippen LogP contribution in [-0.2, 0) is 0 Å². The second-order valence-corrected chi connectivity index (χ2v) is 4.56. The van der Waals surface area contributed by atoms with Crippen molar-refractivity contribution in [3.63, 3.8) is 0 Å². The Kier molecular flexibility index (Phi) is 3.72. The highest BCUT2D eigenvalue weighted by Crippen LogP contribution is 2.23. The summed E-state index contributed by atoms with van der Waals surface area (Å²) in [7, 11) is 1.55. The van der Waals surface area contributed by atoms with E-state index < -0.39 is 0 Å². The lowest BCUT2D eigenvalue weighted by Gasteiger charge is -2.16. The number of hydrogen-bond donors (Lipinski definition) is 2. The van der Waals surface area contributed by atoms with Gasteiger partial charge < -0.3 is 4.74 Å². The summed E-state index contributed by atoms with van der Waals surface area (Å²) in [6, 6.07) is 13.3. The number of hydrazine groups is 1. The van der Waals surface area contributed by atoms with Crippen molar-refractivity contribution in [1.82, 2.24) is 20.6 Å². The maximum atomic E-state index is 5.69. The van der Waals surface area contributed by atoms with E-state index in [1.54, 1.807) is 19.4 Å². The van der Waals surface area contributed by atoms with E-state index in [0.717, 1.165) is 22.2 Å². The van der Waals surface area contributed by atoms with E-state index in [9.17, 15) is 0 Å². The van der Waals surface area contributed by atoms with Gasteiger partial charge >= 0.3 is 0 Å². The van der Waals surface area contributed by atoms with Gasteiger partial charge in [0.25, 0.3) is 0 Å². The summed E-state index contributed by atoms with van der Waals surface area (Å²) < 4.78 is 5.01. The first kappa shape index (κ1) is 13.4. The minimum absolute atomic E-state index is 0.243. The van der Waals surface area contributed by atoms with Crippen LogP contribution in [0.3, 0.4) is 0 Å². The van der Waals surface area contributed by atoms with Crippen molar-refractivity contribution in [3.8, 4) is 5.88 Å². The number of nitrogens with one attached hydrogen (secondary N) is 1. The number of ether oxygens (including phenoxy) is 1. The molecule has 1 aromatic carbocycles. The van der Waals surface area contributed by atoms with E-state index in [0.29, 0.717) is 5.88 Å². The van der Waals surface area contributed by atoms with Crippen molar-refractivity contribution >= 4 is 10.9 Å². The van der Waals surface area contributed by atoms with Gasteiger partial charge in [-0.25, -0.2) is 5.43 Å². The molecular weight excluding hydrogens is 266 g/mol. The highest BCUT2D eigenvalue weighted by molar-refractivity contribution is 5.79. The molecule has 0 saturated carbocycles. The Morgan fingerprint density at radius 1 is 1.14 bits per heavy atom. The van der Waals surface area contributed by atoms with E-state index in [4.69, 9.17) is 10.6 Å². The Morgan fingerprint density at radius 2 is 2.05 bits per heavy atom. The Hall–Kier alpha value is -2.57. The summed E-state index contributed by atoms with van der Waals surface area (Å²) in [5.41, 5.74) is 5.44. The Balaban J connectivity index is 2.00. The first-order chi connectivity index (χ1) is 10.3. The summed E-state index contributed by atoms with van der Waals surface area (Å²) in [6.45, 7) is 0. The third-order valence-corrected chi connectivity index (χ3v) is 3.29. The van der Waals surface area contributed by atoms with Gasteiger partial charge in [-0.3, -0.25) is 10.8 Å². The maximum absolute atomic E-state index is 5.69. The molecule has 1 unspecified atom stereocenters. The largest absolute Gasteiger partial charge is 0.480 e. The summed E-state index contributed by atoms with van der Waals surface area (Å²) >= 11 is 0. The smallest absolute Gasteiger partial charge is 0.233 e. The van der Waals surface area contributed by atoms with Crippen LogP contribution in [0.5, 0.6) is 5.88 Å². The summed E-state index contributed by atoms with van der Waals surface area (Å²) in [4.78, 5) is 4.31. The molecule has 0 amide bonds. The number of pyridine rings is 1. The van der Waals surface area contributed by atoms with Gasteiger partial charge in [0.05, 0.1) is 24.4 Å². The van der Waals surface area contributed by atoms with Gasteiger partial charge in [-0.05, 0) is 29.8 Å². The monoisotopic (exact) mass is 281 g/mol. The Morgan fingerprint density at radius 3 is 2.76 bits per heavy atom. The molecule has 3 N–H and O–H groups in total. The van der Waals surface area contributed by atoms with Crippen molar-refractivity contribution in [2.75, 3.05) is 7.11 Å². The van der Waals surface area contributed by atoms with Gasteiger partial charge in [-0.15, -0.1) is 10.2 Å². The molecule has 0 saturated heterocycles. The molecule has 2 aromatic heterocycles. The Labute approximate surface area is 122 Å². The third kappa shape index (κ3) is 2.67. The van der Waals surface area contributed by atoms with E-state index >= 15 is 0 Å². The molecule has 21 heavy (non-hydrogen) atoms. The summed E-state index contributed by atoms with van der Waals surface area (Å²) in [6.07, 6.45) is 1.77. The van der Waals surface area contributed by atoms with E-state index in [2.05, 4.69) is 20.6 Å². The van der Waals surface area contributed by atoms with Gasteiger partial charge in [0.15, 0.2) is 0 Å². The second kappa shape index (κ2) is 5.82. The molecule has 0 aliphatic rings. The fraction of sp³-hybridized carbons (Fsp3) is 0.133. The van der Waals surface area contributed by atoms with Gasteiger partial charge in [-0.1, -0.05) is 12.1 Å². The minimum Gasteiger partial charge on any atom is -0.480 e.